The Morgan fingerprint density at radius 2 is 1.78 bits per heavy atom. The summed E-state index contributed by atoms with van der Waals surface area (Å²) in [5, 5.41) is -0.379. The van der Waals surface area contributed by atoms with E-state index in [2.05, 4.69) is 0 Å². The van der Waals surface area contributed by atoms with Crippen molar-refractivity contribution >= 4 is 9.84 Å². The number of nitrogens with two attached hydrogens (primary N) is 1. The van der Waals surface area contributed by atoms with Crippen LogP contribution in [0.1, 0.15) is 38.7 Å². The SMILES string of the molecule is CC(C)S(=O)(=O)c1ccc(C2(CN)CCC2)cc1. The monoisotopic (exact) mass is 267 g/mol. The molecule has 0 amide bonds. The number of benzene rings is 1. The van der Waals surface area contributed by atoms with E-state index >= 15 is 0 Å². The smallest absolute Gasteiger partial charge is 0.180 e. The summed E-state index contributed by atoms with van der Waals surface area (Å²) in [6, 6.07) is 7.31. The molecule has 3 nitrogen and oxygen atoms in total. The molecule has 0 bridgehead atoms. The van der Waals surface area contributed by atoms with E-state index in [1.54, 1.807) is 26.0 Å². The van der Waals surface area contributed by atoms with Crippen LogP contribution in [-0.2, 0) is 15.3 Å². The highest BCUT2D eigenvalue weighted by molar-refractivity contribution is 7.92. The maximum atomic E-state index is 12.0. The second kappa shape index (κ2) is 4.67. The van der Waals surface area contributed by atoms with Gasteiger partial charge in [0.1, 0.15) is 0 Å². The normalized spacial score (nSPS) is 18.7. The fourth-order valence-corrected chi connectivity index (χ4v) is 3.54. The summed E-state index contributed by atoms with van der Waals surface area (Å²) in [4.78, 5) is 0.410. The van der Waals surface area contributed by atoms with E-state index in [9.17, 15) is 8.42 Å². The summed E-state index contributed by atoms with van der Waals surface area (Å²) in [7, 11) is -3.17. The van der Waals surface area contributed by atoms with Gasteiger partial charge in [-0.1, -0.05) is 18.6 Å². The van der Waals surface area contributed by atoms with Crippen LogP contribution < -0.4 is 5.73 Å². The molecule has 1 aromatic carbocycles. The Morgan fingerprint density at radius 3 is 2.11 bits per heavy atom. The van der Waals surface area contributed by atoms with Crippen LogP contribution in [0, 0.1) is 0 Å². The zero-order chi connectivity index (χ0) is 13.4. The maximum Gasteiger partial charge on any atom is 0.180 e. The van der Waals surface area contributed by atoms with E-state index in [1.807, 2.05) is 12.1 Å². The first-order valence-electron chi connectivity index (χ1n) is 6.47. The first-order valence-corrected chi connectivity index (χ1v) is 8.01. The lowest BCUT2D eigenvalue weighted by atomic mass is 9.64. The average Bonchev–Trinajstić information content (AvgIpc) is 2.29. The molecule has 2 rings (SSSR count). The molecule has 1 aliphatic carbocycles. The molecule has 18 heavy (non-hydrogen) atoms. The summed E-state index contributed by atoms with van der Waals surface area (Å²) < 4.78 is 24.0. The molecule has 0 unspecified atom stereocenters. The van der Waals surface area contributed by atoms with Crippen LogP contribution in [0.15, 0.2) is 29.2 Å². The van der Waals surface area contributed by atoms with Crippen LogP contribution in [-0.4, -0.2) is 20.2 Å². The quantitative estimate of drug-likeness (QED) is 0.910. The Labute approximate surface area is 109 Å². The van der Waals surface area contributed by atoms with Gasteiger partial charge in [0, 0.05) is 12.0 Å². The van der Waals surface area contributed by atoms with Crippen molar-refractivity contribution in [2.75, 3.05) is 6.54 Å². The second-order valence-corrected chi connectivity index (χ2v) is 7.96. The molecular weight excluding hydrogens is 246 g/mol. The minimum Gasteiger partial charge on any atom is -0.330 e. The van der Waals surface area contributed by atoms with Crippen molar-refractivity contribution in [2.24, 2.45) is 5.73 Å². The zero-order valence-corrected chi connectivity index (χ0v) is 11.8. The standard InChI is InChI=1S/C14H21NO2S/c1-11(2)18(16,17)13-6-4-12(5-7-13)14(10-15)8-3-9-14/h4-7,11H,3,8-10,15H2,1-2H3. The third kappa shape index (κ3) is 2.08. The third-order valence-electron chi connectivity index (χ3n) is 4.12. The summed E-state index contributed by atoms with van der Waals surface area (Å²) in [6.07, 6.45) is 3.43. The fourth-order valence-electron chi connectivity index (χ4n) is 2.48. The van der Waals surface area contributed by atoms with E-state index in [1.165, 1.54) is 12.0 Å². The molecule has 0 spiro atoms. The molecular formula is C14H21NO2S. The number of sulfone groups is 1. The lowest BCUT2D eigenvalue weighted by Gasteiger charge is -2.41. The lowest BCUT2D eigenvalue weighted by molar-refractivity contribution is 0.253. The summed E-state index contributed by atoms with van der Waals surface area (Å²) in [6.45, 7) is 4.05. The van der Waals surface area contributed by atoms with Gasteiger partial charge in [-0.3, -0.25) is 0 Å². The van der Waals surface area contributed by atoms with Crippen LogP contribution >= 0.6 is 0 Å². The molecule has 1 aliphatic rings. The van der Waals surface area contributed by atoms with Crippen molar-refractivity contribution in [2.45, 2.75) is 48.7 Å². The van der Waals surface area contributed by atoms with Crippen molar-refractivity contribution in [1.82, 2.24) is 0 Å². The Hall–Kier alpha value is -0.870. The Bertz CT molecular complexity index is 508. The predicted molar refractivity (Wildman–Crippen MR) is 73.3 cm³/mol. The summed E-state index contributed by atoms with van der Waals surface area (Å²) in [5.74, 6) is 0. The molecule has 4 heteroatoms. The Kier molecular flexibility index (Phi) is 3.52. The molecule has 0 atom stereocenters. The molecule has 0 radical (unpaired) electrons. The van der Waals surface area contributed by atoms with Gasteiger partial charge in [0.2, 0.25) is 0 Å². The van der Waals surface area contributed by atoms with Crippen molar-refractivity contribution < 1.29 is 8.42 Å². The molecule has 100 valence electrons. The van der Waals surface area contributed by atoms with Crippen LogP contribution in [0.5, 0.6) is 0 Å². The van der Waals surface area contributed by atoms with Crippen LogP contribution in [0.2, 0.25) is 0 Å². The van der Waals surface area contributed by atoms with Crippen molar-refractivity contribution in [3.63, 3.8) is 0 Å². The molecule has 0 saturated heterocycles. The molecule has 0 aliphatic heterocycles. The minimum absolute atomic E-state index is 0.0973. The lowest BCUT2D eigenvalue weighted by Crippen LogP contribution is -2.41. The highest BCUT2D eigenvalue weighted by Crippen LogP contribution is 2.42. The number of rotatable bonds is 4. The number of hydrogen-bond acceptors (Lipinski definition) is 3. The highest BCUT2D eigenvalue weighted by atomic mass is 32.2. The van der Waals surface area contributed by atoms with Crippen LogP contribution in [0.25, 0.3) is 0 Å². The average molecular weight is 267 g/mol. The van der Waals surface area contributed by atoms with Gasteiger partial charge in [0.25, 0.3) is 0 Å². The zero-order valence-electron chi connectivity index (χ0n) is 11.0. The van der Waals surface area contributed by atoms with Gasteiger partial charge in [-0.05, 0) is 44.4 Å². The summed E-state index contributed by atoms with van der Waals surface area (Å²) in [5.41, 5.74) is 7.13. The molecule has 0 heterocycles. The molecule has 0 aromatic heterocycles. The molecule has 1 aromatic rings. The van der Waals surface area contributed by atoms with Gasteiger partial charge in [-0.2, -0.15) is 0 Å². The van der Waals surface area contributed by atoms with Gasteiger partial charge < -0.3 is 5.73 Å². The predicted octanol–water partition coefficient (Wildman–Crippen LogP) is 2.25. The van der Waals surface area contributed by atoms with E-state index in [0.29, 0.717) is 11.4 Å². The van der Waals surface area contributed by atoms with Crippen LogP contribution in [0.4, 0.5) is 0 Å². The first-order chi connectivity index (χ1) is 8.42. The maximum absolute atomic E-state index is 12.0. The Morgan fingerprint density at radius 1 is 1.22 bits per heavy atom. The topological polar surface area (TPSA) is 60.2 Å². The van der Waals surface area contributed by atoms with Gasteiger partial charge in [0.05, 0.1) is 10.1 Å². The van der Waals surface area contributed by atoms with E-state index < -0.39 is 9.84 Å². The number of hydrogen-bond donors (Lipinski definition) is 1. The van der Waals surface area contributed by atoms with Crippen LogP contribution in [0.3, 0.4) is 0 Å². The highest BCUT2D eigenvalue weighted by Gasteiger charge is 2.37. The van der Waals surface area contributed by atoms with Gasteiger partial charge >= 0.3 is 0 Å². The van der Waals surface area contributed by atoms with E-state index in [0.717, 1.165) is 12.8 Å². The second-order valence-electron chi connectivity index (χ2n) is 5.46. The summed E-state index contributed by atoms with van der Waals surface area (Å²) >= 11 is 0. The van der Waals surface area contributed by atoms with E-state index in [4.69, 9.17) is 5.73 Å². The van der Waals surface area contributed by atoms with Crippen molar-refractivity contribution in [3.05, 3.63) is 29.8 Å². The van der Waals surface area contributed by atoms with Gasteiger partial charge in [-0.25, -0.2) is 8.42 Å². The minimum atomic E-state index is -3.17. The van der Waals surface area contributed by atoms with Gasteiger partial charge in [-0.15, -0.1) is 0 Å². The van der Waals surface area contributed by atoms with Gasteiger partial charge in [0.15, 0.2) is 9.84 Å². The first kappa shape index (κ1) is 13.6. The van der Waals surface area contributed by atoms with Crippen molar-refractivity contribution in [3.8, 4) is 0 Å². The fraction of sp³-hybridized carbons (Fsp3) is 0.571. The third-order valence-corrected chi connectivity index (χ3v) is 6.29. The molecule has 2 N–H and O–H groups in total. The van der Waals surface area contributed by atoms with Crippen molar-refractivity contribution in [1.29, 1.82) is 0 Å². The molecule has 1 saturated carbocycles. The van der Waals surface area contributed by atoms with E-state index in [-0.39, 0.29) is 10.7 Å². The molecule has 1 fully saturated rings. The largest absolute Gasteiger partial charge is 0.330 e. The Balaban J connectivity index is 2.31.